The lowest BCUT2D eigenvalue weighted by molar-refractivity contribution is 0.00681. The predicted molar refractivity (Wildman–Crippen MR) is 110 cm³/mol. The van der Waals surface area contributed by atoms with Gasteiger partial charge in [0, 0.05) is 5.41 Å². The topological polar surface area (TPSA) is 44.8 Å². The molecule has 0 saturated carbocycles. The monoisotopic (exact) mass is 376 g/mol. The van der Waals surface area contributed by atoms with Crippen LogP contribution in [0.1, 0.15) is 65.4 Å². The Morgan fingerprint density at radius 3 is 2.33 bits per heavy atom. The summed E-state index contributed by atoms with van der Waals surface area (Å²) in [6.45, 7) is 15.0. The van der Waals surface area contributed by atoms with E-state index >= 15 is 0 Å². The Kier molecular flexibility index (Phi) is 9.98. The molecule has 152 valence electrons. The van der Waals surface area contributed by atoms with Crippen molar-refractivity contribution in [2.45, 2.75) is 59.8 Å². The molecule has 4 nitrogen and oxygen atoms in total. The molecule has 1 aromatic carbocycles. The van der Waals surface area contributed by atoms with Crippen LogP contribution in [0.25, 0.3) is 0 Å². The molecule has 27 heavy (non-hydrogen) atoms. The van der Waals surface area contributed by atoms with Crippen LogP contribution in [-0.2, 0) is 14.2 Å². The van der Waals surface area contributed by atoms with Crippen LogP contribution in [0.3, 0.4) is 0 Å². The average molecular weight is 377 g/mol. The summed E-state index contributed by atoms with van der Waals surface area (Å²) in [4.78, 5) is 11.9. The van der Waals surface area contributed by atoms with E-state index in [-0.39, 0.29) is 12.0 Å². The van der Waals surface area contributed by atoms with Crippen molar-refractivity contribution in [3.05, 3.63) is 48.2 Å². The van der Waals surface area contributed by atoms with E-state index < -0.39 is 6.16 Å². The Morgan fingerprint density at radius 2 is 1.74 bits per heavy atom. The van der Waals surface area contributed by atoms with E-state index in [0.717, 1.165) is 19.3 Å². The van der Waals surface area contributed by atoms with Gasteiger partial charge in [0.05, 0.1) is 19.0 Å². The number of benzene rings is 1. The Labute approximate surface area is 164 Å². The lowest BCUT2D eigenvalue weighted by Crippen LogP contribution is -2.27. The van der Waals surface area contributed by atoms with E-state index in [0.29, 0.717) is 30.8 Å². The lowest BCUT2D eigenvalue weighted by Gasteiger charge is -2.24. The third-order valence-corrected chi connectivity index (χ3v) is 4.63. The Bertz CT molecular complexity index is 565. The summed E-state index contributed by atoms with van der Waals surface area (Å²) >= 11 is 0. The van der Waals surface area contributed by atoms with Gasteiger partial charge in [-0.25, -0.2) is 4.79 Å². The first-order valence-electron chi connectivity index (χ1n) is 9.86. The summed E-state index contributed by atoms with van der Waals surface area (Å²) < 4.78 is 16.0. The zero-order valence-corrected chi connectivity index (χ0v) is 17.6. The van der Waals surface area contributed by atoms with Crippen molar-refractivity contribution < 1.29 is 19.0 Å². The molecule has 0 aromatic heterocycles. The first-order chi connectivity index (χ1) is 12.7. The van der Waals surface area contributed by atoms with Crippen molar-refractivity contribution in [1.29, 1.82) is 0 Å². The molecule has 0 N–H and O–H groups in total. The molecular formula is C23H36O4. The number of ether oxygens (including phenoxy) is 3. The van der Waals surface area contributed by atoms with Crippen molar-refractivity contribution in [2.24, 2.45) is 11.3 Å². The van der Waals surface area contributed by atoms with Crippen molar-refractivity contribution in [2.75, 3.05) is 19.8 Å². The number of carbonyl (C=O) groups is 1. The van der Waals surface area contributed by atoms with E-state index in [4.69, 9.17) is 14.2 Å². The molecular weight excluding hydrogens is 340 g/mol. The quantitative estimate of drug-likeness (QED) is 0.316. The van der Waals surface area contributed by atoms with Gasteiger partial charge in [0.15, 0.2) is 0 Å². The van der Waals surface area contributed by atoms with Gasteiger partial charge in [-0.05, 0) is 37.2 Å². The van der Waals surface area contributed by atoms with E-state index in [1.54, 1.807) is 6.92 Å². The molecule has 0 bridgehead atoms. The molecule has 0 saturated heterocycles. The SMILES string of the molecule is C=C(C)OCC(C)(C)COC(=O)OCCC(CC(C)CC)c1ccccc1. The molecule has 0 aliphatic carbocycles. The van der Waals surface area contributed by atoms with Crippen molar-refractivity contribution in [1.82, 2.24) is 0 Å². The number of hydrogen-bond acceptors (Lipinski definition) is 4. The van der Waals surface area contributed by atoms with E-state index in [1.165, 1.54) is 5.56 Å². The summed E-state index contributed by atoms with van der Waals surface area (Å²) in [5, 5.41) is 0. The third-order valence-electron chi connectivity index (χ3n) is 4.63. The van der Waals surface area contributed by atoms with Crippen LogP contribution in [0.2, 0.25) is 0 Å². The fraction of sp³-hybridized carbons (Fsp3) is 0.609. The second-order valence-corrected chi connectivity index (χ2v) is 8.19. The van der Waals surface area contributed by atoms with Gasteiger partial charge < -0.3 is 14.2 Å². The number of allylic oxidation sites excluding steroid dienone is 1. The minimum atomic E-state index is -0.617. The van der Waals surface area contributed by atoms with E-state index in [9.17, 15) is 4.79 Å². The third kappa shape index (κ3) is 10.1. The van der Waals surface area contributed by atoms with Gasteiger partial charge in [0.1, 0.15) is 6.61 Å². The highest BCUT2D eigenvalue weighted by atomic mass is 16.7. The Morgan fingerprint density at radius 1 is 1.11 bits per heavy atom. The average Bonchev–Trinajstić information content (AvgIpc) is 2.64. The highest BCUT2D eigenvalue weighted by molar-refractivity contribution is 5.59. The van der Waals surface area contributed by atoms with Crippen LogP contribution >= 0.6 is 0 Å². The molecule has 0 heterocycles. The fourth-order valence-electron chi connectivity index (χ4n) is 2.74. The second-order valence-electron chi connectivity index (χ2n) is 8.19. The summed E-state index contributed by atoms with van der Waals surface area (Å²) in [7, 11) is 0. The zero-order valence-electron chi connectivity index (χ0n) is 17.6. The summed E-state index contributed by atoms with van der Waals surface area (Å²) in [5.74, 6) is 1.67. The van der Waals surface area contributed by atoms with Gasteiger partial charge in [-0.15, -0.1) is 0 Å². The second kappa shape index (κ2) is 11.7. The molecule has 2 atom stereocenters. The maximum Gasteiger partial charge on any atom is 0.508 e. The van der Waals surface area contributed by atoms with Crippen molar-refractivity contribution in [3.63, 3.8) is 0 Å². The van der Waals surface area contributed by atoms with Crippen LogP contribution in [0.4, 0.5) is 4.79 Å². The standard InChI is InChI=1S/C23H36O4/c1-7-19(4)15-21(20-11-9-8-10-12-20)13-14-25-22(24)27-17-23(5,6)16-26-18(2)3/h8-12,19,21H,2,7,13-17H2,1,3-6H3. The summed E-state index contributed by atoms with van der Waals surface area (Å²) in [5.41, 5.74) is 1.01. The summed E-state index contributed by atoms with van der Waals surface area (Å²) in [6.07, 6.45) is 2.41. The smallest absolute Gasteiger partial charge is 0.498 e. The minimum absolute atomic E-state index is 0.244. The molecule has 0 aliphatic heterocycles. The molecule has 2 unspecified atom stereocenters. The van der Waals surface area contributed by atoms with Crippen LogP contribution < -0.4 is 0 Å². The first kappa shape index (κ1) is 23.1. The molecule has 0 amide bonds. The maximum absolute atomic E-state index is 11.9. The van der Waals surface area contributed by atoms with Gasteiger partial charge >= 0.3 is 6.16 Å². The fourth-order valence-corrected chi connectivity index (χ4v) is 2.74. The van der Waals surface area contributed by atoms with Crippen LogP contribution in [0.15, 0.2) is 42.7 Å². The molecule has 0 spiro atoms. The zero-order chi connectivity index (χ0) is 20.3. The molecule has 4 heteroatoms. The van der Waals surface area contributed by atoms with Crippen molar-refractivity contribution in [3.8, 4) is 0 Å². The van der Waals surface area contributed by atoms with Gasteiger partial charge in [-0.3, -0.25) is 0 Å². The van der Waals surface area contributed by atoms with Gasteiger partial charge in [0.25, 0.3) is 0 Å². The Balaban J connectivity index is 2.43. The molecule has 0 radical (unpaired) electrons. The Hall–Kier alpha value is -1.97. The molecule has 0 aliphatic rings. The van der Waals surface area contributed by atoms with Crippen molar-refractivity contribution >= 4 is 6.16 Å². The normalized spacial score (nSPS) is 13.5. The van der Waals surface area contributed by atoms with Crippen LogP contribution in [0, 0.1) is 11.3 Å². The van der Waals surface area contributed by atoms with Crippen LogP contribution in [-0.4, -0.2) is 26.0 Å². The molecule has 0 fully saturated rings. The predicted octanol–water partition coefficient (Wildman–Crippen LogP) is 6.33. The summed E-state index contributed by atoms with van der Waals surface area (Å²) in [6, 6.07) is 10.4. The van der Waals surface area contributed by atoms with Gasteiger partial charge in [0.2, 0.25) is 0 Å². The largest absolute Gasteiger partial charge is 0.508 e. The van der Waals surface area contributed by atoms with Crippen LogP contribution in [0.5, 0.6) is 0 Å². The highest BCUT2D eigenvalue weighted by Crippen LogP contribution is 2.28. The minimum Gasteiger partial charge on any atom is -0.498 e. The lowest BCUT2D eigenvalue weighted by atomic mass is 9.86. The maximum atomic E-state index is 11.9. The number of hydrogen-bond donors (Lipinski definition) is 0. The number of carbonyl (C=O) groups excluding carboxylic acids is 1. The van der Waals surface area contributed by atoms with Gasteiger partial charge in [-0.1, -0.05) is 71.0 Å². The number of rotatable bonds is 12. The molecule has 1 rings (SSSR count). The van der Waals surface area contributed by atoms with E-state index in [1.807, 2.05) is 19.9 Å². The van der Waals surface area contributed by atoms with Gasteiger partial charge in [-0.2, -0.15) is 0 Å². The highest BCUT2D eigenvalue weighted by Gasteiger charge is 2.22. The molecule has 1 aromatic rings. The van der Waals surface area contributed by atoms with E-state index in [2.05, 4.69) is 44.7 Å². The first-order valence-corrected chi connectivity index (χ1v) is 9.86.